The lowest BCUT2D eigenvalue weighted by atomic mass is 10.2. The summed E-state index contributed by atoms with van der Waals surface area (Å²) in [6, 6.07) is 5.33. The summed E-state index contributed by atoms with van der Waals surface area (Å²) in [5, 5.41) is 20.1. The predicted molar refractivity (Wildman–Crippen MR) is 71.5 cm³/mol. The maximum atomic E-state index is 8.68. The van der Waals surface area contributed by atoms with Crippen LogP contribution in [-0.2, 0) is 0 Å². The Balaban J connectivity index is 0.00000137. The summed E-state index contributed by atoms with van der Waals surface area (Å²) in [4.78, 5) is 0. The molecule has 0 atom stereocenters. The molecule has 6 heteroatoms. The molecule has 0 amide bonds. The number of benzene rings is 1. The molecule has 0 aromatic heterocycles. The van der Waals surface area contributed by atoms with Crippen LogP contribution in [0, 0.1) is 17.9 Å². The minimum atomic E-state index is -0.0874. The molecule has 0 saturated carbocycles. The zero-order valence-corrected chi connectivity index (χ0v) is 11.0. The van der Waals surface area contributed by atoms with Crippen molar-refractivity contribution in [1.82, 2.24) is 0 Å². The van der Waals surface area contributed by atoms with Crippen molar-refractivity contribution in [3.63, 3.8) is 0 Å². The first-order chi connectivity index (χ1) is 8.72. The summed E-state index contributed by atoms with van der Waals surface area (Å²) in [6.45, 7) is 5.97. The van der Waals surface area contributed by atoms with Crippen LogP contribution in [0.3, 0.4) is 0 Å². The van der Waals surface area contributed by atoms with Crippen molar-refractivity contribution < 1.29 is 9.84 Å². The van der Waals surface area contributed by atoms with Gasteiger partial charge in [-0.1, -0.05) is 25.1 Å². The van der Waals surface area contributed by atoms with E-state index in [0.717, 1.165) is 16.9 Å². The first-order valence-electron chi connectivity index (χ1n) is 5.74. The van der Waals surface area contributed by atoms with E-state index in [4.69, 9.17) is 20.8 Å². The molecule has 0 aliphatic carbocycles. The van der Waals surface area contributed by atoms with Gasteiger partial charge in [-0.3, -0.25) is 5.41 Å². The maximum absolute atomic E-state index is 8.68. The summed E-state index contributed by atoms with van der Waals surface area (Å²) >= 11 is 0. The Morgan fingerprint density at radius 1 is 1.44 bits per heavy atom. The number of aliphatic hydroxyl groups is 1. The topological polar surface area (TPSA) is 92.8 Å². The number of nitrogens with one attached hydrogen (secondary N) is 2. The summed E-state index contributed by atoms with van der Waals surface area (Å²) in [5.41, 5.74) is 8.42. The highest BCUT2D eigenvalue weighted by Gasteiger charge is 2.10. The lowest BCUT2D eigenvalue weighted by Crippen LogP contribution is -2.14. The van der Waals surface area contributed by atoms with Crippen molar-refractivity contribution in [1.29, 1.82) is 10.9 Å². The maximum Gasteiger partial charge on any atom is 0.145 e. The number of aliphatic hydroxyl groups excluding tert-OH is 1. The molecule has 0 aliphatic rings. The number of hydrogen-bond donors (Lipinski definition) is 3. The number of rotatable bonds is 6. The molecule has 0 radical (unpaired) electrons. The normalized spacial score (nSPS) is 8.89. The highest BCUT2D eigenvalue weighted by Crippen LogP contribution is 2.28. The third kappa shape index (κ3) is 4.50. The fraction of sp³-hybridized carbons (Fsp3) is 0.417. The van der Waals surface area contributed by atoms with Gasteiger partial charge in [0, 0.05) is 0 Å². The Morgan fingerprint density at radius 2 is 2.11 bits per heavy atom. The number of anilines is 1. The summed E-state index contributed by atoms with van der Waals surface area (Å²) in [5.74, 6) is 0.485. The molecule has 0 heterocycles. The highest BCUT2D eigenvalue weighted by atomic mass is 16.5. The van der Waals surface area contributed by atoms with Crippen LogP contribution in [-0.4, -0.2) is 24.7 Å². The van der Waals surface area contributed by atoms with Crippen molar-refractivity contribution >= 4 is 12.0 Å². The molecule has 6 nitrogen and oxygen atoms in total. The van der Waals surface area contributed by atoms with Crippen LogP contribution in [0.15, 0.2) is 23.4 Å². The number of ether oxygens (including phenoxy) is 1. The number of nitrogens with zero attached hydrogens (tertiary/aromatic N) is 2. The Bertz CT molecular complexity index is 374. The third-order valence-electron chi connectivity index (χ3n) is 1.94. The lowest BCUT2D eigenvalue weighted by Gasteiger charge is -2.16. The molecule has 0 saturated heterocycles. The van der Waals surface area contributed by atoms with Crippen LogP contribution in [0.25, 0.3) is 0 Å². The largest absolute Gasteiger partial charge is 0.489 e. The van der Waals surface area contributed by atoms with Crippen LogP contribution in [0.5, 0.6) is 5.75 Å². The van der Waals surface area contributed by atoms with Gasteiger partial charge < -0.3 is 9.84 Å². The molecular weight excluding hydrogens is 232 g/mol. The molecule has 0 unspecified atom stereocenters. The van der Waals surface area contributed by atoms with Gasteiger partial charge in [0.05, 0.1) is 6.61 Å². The molecule has 18 heavy (non-hydrogen) atoms. The average Bonchev–Trinajstić information content (AvgIpc) is 2.41. The first kappa shape index (κ1) is 16.1. The zero-order valence-electron chi connectivity index (χ0n) is 11.0. The van der Waals surface area contributed by atoms with Gasteiger partial charge in [0.2, 0.25) is 0 Å². The van der Waals surface area contributed by atoms with Crippen molar-refractivity contribution in [2.24, 2.45) is 5.22 Å². The molecule has 100 valence electrons. The summed E-state index contributed by atoms with van der Waals surface area (Å²) < 4.78 is 5.29. The zero-order chi connectivity index (χ0) is 14.0. The SMILES string of the molecule is CC.Cc1ccc(OCCO)c(N(C=N)N=N)c1. The Labute approximate surface area is 107 Å². The van der Waals surface area contributed by atoms with Gasteiger partial charge in [-0.05, 0) is 24.6 Å². The van der Waals surface area contributed by atoms with Crippen molar-refractivity contribution in [2.45, 2.75) is 20.8 Å². The smallest absolute Gasteiger partial charge is 0.145 e. The van der Waals surface area contributed by atoms with E-state index in [2.05, 4.69) is 5.22 Å². The minimum absolute atomic E-state index is 0.0874. The fourth-order valence-electron chi connectivity index (χ4n) is 1.24. The average molecular weight is 252 g/mol. The predicted octanol–water partition coefficient (Wildman–Crippen LogP) is 2.75. The molecular formula is C12H20N4O2. The quantitative estimate of drug-likeness (QED) is 0.314. The van der Waals surface area contributed by atoms with E-state index in [-0.39, 0.29) is 13.2 Å². The van der Waals surface area contributed by atoms with Crippen LogP contribution >= 0.6 is 0 Å². The first-order valence-corrected chi connectivity index (χ1v) is 5.74. The fourth-order valence-corrected chi connectivity index (χ4v) is 1.24. The molecule has 1 aromatic rings. The monoisotopic (exact) mass is 252 g/mol. The van der Waals surface area contributed by atoms with E-state index in [9.17, 15) is 0 Å². The molecule has 1 rings (SSSR count). The lowest BCUT2D eigenvalue weighted by molar-refractivity contribution is 0.202. The second-order valence-corrected chi connectivity index (χ2v) is 3.12. The van der Waals surface area contributed by atoms with Crippen LogP contribution in [0.4, 0.5) is 5.69 Å². The Hall–Kier alpha value is -1.95. The minimum Gasteiger partial charge on any atom is -0.489 e. The van der Waals surface area contributed by atoms with E-state index in [1.54, 1.807) is 12.1 Å². The van der Waals surface area contributed by atoms with Crippen molar-refractivity contribution in [2.75, 3.05) is 18.2 Å². The standard InChI is InChI=1S/C10H14N4O2.C2H6/c1-8-2-3-10(16-5-4-15)9(6-8)14(7-11)13-12;1-2/h2-3,6-7,11-12,15H,4-5H2,1H3;1-2H3. The van der Waals surface area contributed by atoms with Gasteiger partial charge >= 0.3 is 0 Å². The van der Waals surface area contributed by atoms with Gasteiger partial charge in [0.25, 0.3) is 0 Å². The third-order valence-corrected chi connectivity index (χ3v) is 1.94. The van der Waals surface area contributed by atoms with Crippen LogP contribution < -0.4 is 9.75 Å². The molecule has 0 bridgehead atoms. The van der Waals surface area contributed by atoms with Crippen LogP contribution in [0.2, 0.25) is 0 Å². The molecule has 0 spiro atoms. The van der Waals surface area contributed by atoms with Crippen LogP contribution in [0.1, 0.15) is 19.4 Å². The van der Waals surface area contributed by atoms with E-state index in [1.807, 2.05) is 26.8 Å². The summed E-state index contributed by atoms with van der Waals surface area (Å²) in [7, 11) is 0. The van der Waals surface area contributed by atoms with E-state index < -0.39 is 0 Å². The van der Waals surface area contributed by atoms with Crippen molar-refractivity contribution in [3.05, 3.63) is 23.8 Å². The highest BCUT2D eigenvalue weighted by molar-refractivity contribution is 5.79. The molecule has 0 aliphatic heterocycles. The summed E-state index contributed by atoms with van der Waals surface area (Å²) in [6.07, 6.45) is 0.924. The second kappa shape index (κ2) is 9.12. The van der Waals surface area contributed by atoms with Gasteiger partial charge in [-0.25, -0.2) is 5.01 Å². The van der Waals surface area contributed by atoms with E-state index >= 15 is 0 Å². The Morgan fingerprint density at radius 3 is 2.61 bits per heavy atom. The van der Waals surface area contributed by atoms with E-state index in [1.165, 1.54) is 0 Å². The molecule has 0 fully saturated rings. The Kier molecular flexibility index (Phi) is 8.13. The number of hydrogen-bond acceptors (Lipinski definition) is 5. The molecule has 3 N–H and O–H groups in total. The van der Waals surface area contributed by atoms with Gasteiger partial charge in [-0.15, -0.1) is 0 Å². The van der Waals surface area contributed by atoms with Crippen molar-refractivity contribution in [3.8, 4) is 5.75 Å². The van der Waals surface area contributed by atoms with Gasteiger partial charge in [-0.2, -0.15) is 5.53 Å². The molecule has 1 aromatic carbocycles. The van der Waals surface area contributed by atoms with Gasteiger partial charge in [0.1, 0.15) is 24.4 Å². The number of aryl methyl sites for hydroxylation is 1. The second-order valence-electron chi connectivity index (χ2n) is 3.12. The van der Waals surface area contributed by atoms with E-state index in [0.29, 0.717) is 11.4 Å². The van der Waals surface area contributed by atoms with Gasteiger partial charge in [0.15, 0.2) is 0 Å².